The van der Waals surface area contributed by atoms with Crippen LogP contribution in [0.2, 0.25) is 0 Å². The quantitative estimate of drug-likeness (QED) is 0.911. The number of hydrogen-bond donors (Lipinski definition) is 1. The average molecular weight is 318 g/mol. The molecule has 98 valence electrons. The first-order valence-corrected chi connectivity index (χ1v) is 7.27. The van der Waals surface area contributed by atoms with E-state index < -0.39 is 0 Å². The van der Waals surface area contributed by atoms with Gasteiger partial charge >= 0.3 is 0 Å². The van der Waals surface area contributed by atoms with Crippen LogP contribution in [0.3, 0.4) is 0 Å². The maximum Gasteiger partial charge on any atom is 0.122 e. The summed E-state index contributed by atoms with van der Waals surface area (Å²) in [6, 6.07) is 12.7. The van der Waals surface area contributed by atoms with Crippen LogP contribution in [-0.2, 0) is 13.0 Å². The highest BCUT2D eigenvalue weighted by molar-refractivity contribution is 9.10. The molecule has 1 heterocycles. The molecule has 3 heteroatoms. The lowest BCUT2D eigenvalue weighted by atomic mass is 10.1. The average Bonchev–Trinajstić information content (AvgIpc) is 2.88. The van der Waals surface area contributed by atoms with Crippen molar-refractivity contribution in [1.29, 1.82) is 0 Å². The van der Waals surface area contributed by atoms with E-state index in [-0.39, 0.29) is 0 Å². The summed E-state index contributed by atoms with van der Waals surface area (Å²) in [7, 11) is 0. The zero-order valence-electron chi connectivity index (χ0n) is 10.9. The normalized spacial score (nSPS) is 12.9. The van der Waals surface area contributed by atoms with Gasteiger partial charge in [-0.05, 0) is 41.8 Å². The van der Waals surface area contributed by atoms with Crippen molar-refractivity contribution < 1.29 is 4.74 Å². The molecule has 0 atom stereocenters. The maximum absolute atomic E-state index is 5.52. The van der Waals surface area contributed by atoms with Gasteiger partial charge in [0.2, 0.25) is 0 Å². The van der Waals surface area contributed by atoms with Gasteiger partial charge in [-0.1, -0.05) is 34.1 Å². The highest BCUT2D eigenvalue weighted by atomic mass is 79.9. The highest BCUT2D eigenvalue weighted by Crippen LogP contribution is 2.27. The number of benzene rings is 2. The van der Waals surface area contributed by atoms with E-state index in [0.717, 1.165) is 29.8 Å². The number of nitrogens with one attached hydrogen (secondary N) is 1. The first kappa shape index (κ1) is 12.5. The minimum atomic E-state index is 0.816. The molecule has 0 saturated carbocycles. The minimum absolute atomic E-state index is 0.816. The Morgan fingerprint density at radius 1 is 1.26 bits per heavy atom. The summed E-state index contributed by atoms with van der Waals surface area (Å²) in [5.74, 6) is 1.04. The molecule has 0 unspecified atom stereocenters. The van der Waals surface area contributed by atoms with E-state index >= 15 is 0 Å². The molecule has 0 amide bonds. The van der Waals surface area contributed by atoms with Crippen molar-refractivity contribution in [2.45, 2.75) is 19.9 Å². The fraction of sp³-hybridized carbons (Fsp3) is 0.250. The first-order chi connectivity index (χ1) is 9.24. The predicted octanol–water partition coefficient (Wildman–Crippen LogP) is 4.30. The smallest absolute Gasteiger partial charge is 0.122 e. The molecule has 2 aromatic rings. The van der Waals surface area contributed by atoms with E-state index in [1.807, 2.05) is 0 Å². The second kappa shape index (κ2) is 5.25. The van der Waals surface area contributed by atoms with Crippen LogP contribution in [0.5, 0.6) is 5.75 Å². The Bertz CT molecular complexity index is 610. The van der Waals surface area contributed by atoms with E-state index in [2.05, 4.69) is 64.6 Å². The van der Waals surface area contributed by atoms with Crippen molar-refractivity contribution in [3.8, 4) is 5.75 Å². The Morgan fingerprint density at radius 3 is 3.05 bits per heavy atom. The molecule has 0 fully saturated rings. The maximum atomic E-state index is 5.52. The largest absolute Gasteiger partial charge is 0.493 e. The molecule has 1 aliphatic heterocycles. The summed E-state index contributed by atoms with van der Waals surface area (Å²) in [6.45, 7) is 3.77. The van der Waals surface area contributed by atoms with Crippen molar-refractivity contribution in [3.05, 3.63) is 57.6 Å². The third-order valence-electron chi connectivity index (χ3n) is 3.50. The van der Waals surface area contributed by atoms with E-state index in [1.54, 1.807) is 0 Å². The number of fused-ring (bicyclic) bond motifs is 1. The minimum Gasteiger partial charge on any atom is -0.493 e. The van der Waals surface area contributed by atoms with E-state index in [4.69, 9.17) is 4.74 Å². The van der Waals surface area contributed by atoms with Crippen molar-refractivity contribution in [1.82, 2.24) is 0 Å². The van der Waals surface area contributed by atoms with Gasteiger partial charge in [-0.3, -0.25) is 0 Å². The molecule has 19 heavy (non-hydrogen) atoms. The molecule has 0 spiro atoms. The van der Waals surface area contributed by atoms with Crippen molar-refractivity contribution in [3.63, 3.8) is 0 Å². The van der Waals surface area contributed by atoms with Crippen LogP contribution in [0.4, 0.5) is 5.69 Å². The van der Waals surface area contributed by atoms with E-state index in [0.29, 0.717) is 0 Å². The van der Waals surface area contributed by atoms with Crippen molar-refractivity contribution in [2.75, 3.05) is 11.9 Å². The molecular formula is C16H16BrNO. The summed E-state index contributed by atoms with van der Waals surface area (Å²) in [6.07, 6.45) is 1.03. The van der Waals surface area contributed by atoms with E-state index in [1.165, 1.54) is 22.4 Å². The number of hydrogen-bond acceptors (Lipinski definition) is 2. The van der Waals surface area contributed by atoms with Gasteiger partial charge in [0, 0.05) is 23.1 Å². The SMILES string of the molecule is Cc1c(Br)cccc1NCc1ccc2c(c1)CCO2. The standard InChI is InChI=1S/C16H16BrNO/c1-11-14(17)3-2-4-15(11)18-10-12-5-6-16-13(9-12)7-8-19-16/h2-6,9,18H,7-8,10H2,1H3. The van der Waals surface area contributed by atoms with Crippen LogP contribution in [-0.4, -0.2) is 6.61 Å². The van der Waals surface area contributed by atoms with Gasteiger partial charge in [0.25, 0.3) is 0 Å². The zero-order valence-corrected chi connectivity index (χ0v) is 12.5. The van der Waals surface area contributed by atoms with Gasteiger partial charge in [-0.15, -0.1) is 0 Å². The molecule has 2 aromatic carbocycles. The number of halogens is 1. The van der Waals surface area contributed by atoms with Gasteiger partial charge in [-0.2, -0.15) is 0 Å². The van der Waals surface area contributed by atoms with E-state index in [9.17, 15) is 0 Å². The number of rotatable bonds is 3. The fourth-order valence-corrected chi connectivity index (χ4v) is 2.71. The molecule has 3 rings (SSSR count). The molecule has 0 aromatic heterocycles. The molecule has 0 saturated heterocycles. The lowest BCUT2D eigenvalue weighted by Crippen LogP contribution is -2.01. The predicted molar refractivity (Wildman–Crippen MR) is 81.8 cm³/mol. The Labute approximate surface area is 121 Å². The molecule has 1 aliphatic rings. The van der Waals surface area contributed by atoms with Gasteiger partial charge in [0.05, 0.1) is 6.61 Å². The van der Waals surface area contributed by atoms with Gasteiger partial charge in [0.1, 0.15) is 5.75 Å². The van der Waals surface area contributed by atoms with Crippen molar-refractivity contribution in [2.24, 2.45) is 0 Å². The third kappa shape index (κ3) is 2.61. The number of ether oxygens (including phenoxy) is 1. The van der Waals surface area contributed by atoms with Crippen LogP contribution in [0.15, 0.2) is 40.9 Å². The summed E-state index contributed by atoms with van der Waals surface area (Å²) < 4.78 is 6.66. The van der Waals surface area contributed by atoms with Gasteiger partial charge in [0.15, 0.2) is 0 Å². The molecule has 0 radical (unpaired) electrons. The van der Waals surface area contributed by atoms with Gasteiger partial charge < -0.3 is 10.1 Å². The Morgan fingerprint density at radius 2 is 2.16 bits per heavy atom. The lowest BCUT2D eigenvalue weighted by Gasteiger charge is -2.11. The van der Waals surface area contributed by atoms with Crippen LogP contribution < -0.4 is 10.1 Å². The monoisotopic (exact) mass is 317 g/mol. The zero-order chi connectivity index (χ0) is 13.2. The molecule has 1 N–H and O–H groups in total. The fourth-order valence-electron chi connectivity index (χ4n) is 2.35. The Kier molecular flexibility index (Phi) is 3.47. The van der Waals surface area contributed by atoms with Gasteiger partial charge in [-0.25, -0.2) is 0 Å². The van der Waals surface area contributed by atoms with Crippen LogP contribution in [0.1, 0.15) is 16.7 Å². The van der Waals surface area contributed by atoms with Crippen LogP contribution in [0.25, 0.3) is 0 Å². The Hall–Kier alpha value is -1.48. The first-order valence-electron chi connectivity index (χ1n) is 6.47. The van der Waals surface area contributed by atoms with Crippen LogP contribution >= 0.6 is 15.9 Å². The highest BCUT2D eigenvalue weighted by Gasteiger charge is 2.11. The third-order valence-corrected chi connectivity index (χ3v) is 4.36. The topological polar surface area (TPSA) is 21.3 Å². The Balaban J connectivity index is 1.74. The molecular weight excluding hydrogens is 302 g/mol. The molecule has 0 aliphatic carbocycles. The molecule has 2 nitrogen and oxygen atoms in total. The van der Waals surface area contributed by atoms with Crippen molar-refractivity contribution >= 4 is 21.6 Å². The summed E-state index contributed by atoms with van der Waals surface area (Å²) >= 11 is 3.56. The van der Waals surface area contributed by atoms with Crippen LogP contribution in [0, 0.1) is 6.92 Å². The molecule has 0 bridgehead atoms. The lowest BCUT2D eigenvalue weighted by molar-refractivity contribution is 0.357. The summed E-state index contributed by atoms with van der Waals surface area (Å²) in [4.78, 5) is 0. The summed E-state index contributed by atoms with van der Waals surface area (Å²) in [5.41, 5.74) is 5.03. The summed E-state index contributed by atoms with van der Waals surface area (Å²) in [5, 5.41) is 3.49. The second-order valence-corrected chi connectivity index (χ2v) is 5.66. The second-order valence-electron chi connectivity index (χ2n) is 4.81. The number of anilines is 1.